The summed E-state index contributed by atoms with van der Waals surface area (Å²) in [5.74, 6) is -0.921. The Morgan fingerprint density at radius 1 is 1.19 bits per heavy atom. The lowest BCUT2D eigenvalue weighted by Crippen LogP contribution is -2.31. The van der Waals surface area contributed by atoms with Crippen LogP contribution in [-0.2, 0) is 14.3 Å². The predicted molar refractivity (Wildman–Crippen MR) is 119 cm³/mol. The van der Waals surface area contributed by atoms with E-state index in [0.717, 1.165) is 5.56 Å². The molecule has 1 heterocycles. The maximum Gasteiger partial charge on any atom is 0.295 e. The van der Waals surface area contributed by atoms with Crippen molar-refractivity contribution in [2.45, 2.75) is 19.4 Å². The Bertz CT molecular complexity index is 993. The average Bonchev–Trinajstić information content (AvgIpc) is 3.03. The van der Waals surface area contributed by atoms with Crippen LogP contribution in [-0.4, -0.2) is 48.6 Å². The zero-order chi connectivity index (χ0) is 22.4. The minimum atomic E-state index is -0.717. The van der Waals surface area contributed by atoms with Crippen LogP contribution in [0.4, 0.5) is 0 Å². The summed E-state index contributed by atoms with van der Waals surface area (Å²) in [6.45, 7) is 6.70. The Balaban J connectivity index is 2.10. The number of ether oxygens (including phenoxy) is 2. The van der Waals surface area contributed by atoms with Crippen molar-refractivity contribution in [2.24, 2.45) is 0 Å². The van der Waals surface area contributed by atoms with Crippen LogP contribution >= 0.6 is 0 Å². The summed E-state index contributed by atoms with van der Waals surface area (Å²) < 4.78 is 10.7. The van der Waals surface area contributed by atoms with Crippen molar-refractivity contribution in [2.75, 3.05) is 26.9 Å². The molecule has 1 N–H and O–H groups in total. The molecular formula is C25H27NO5. The van der Waals surface area contributed by atoms with Gasteiger partial charge in [-0.05, 0) is 31.0 Å². The molecule has 0 saturated carbocycles. The molecule has 0 aromatic heterocycles. The molecule has 0 spiro atoms. The molecule has 162 valence electrons. The third-order valence-corrected chi connectivity index (χ3v) is 5.15. The fourth-order valence-electron chi connectivity index (χ4n) is 3.63. The van der Waals surface area contributed by atoms with Gasteiger partial charge in [-0.2, -0.15) is 0 Å². The van der Waals surface area contributed by atoms with Gasteiger partial charge in [0.15, 0.2) is 0 Å². The highest BCUT2D eigenvalue weighted by molar-refractivity contribution is 6.46. The molecule has 1 aliphatic heterocycles. The molecule has 1 saturated heterocycles. The molecular weight excluding hydrogens is 394 g/mol. The lowest BCUT2D eigenvalue weighted by Gasteiger charge is -2.25. The molecule has 6 nitrogen and oxygen atoms in total. The van der Waals surface area contributed by atoms with Crippen molar-refractivity contribution in [3.63, 3.8) is 0 Å². The normalized spacial score (nSPS) is 17.7. The van der Waals surface area contributed by atoms with Gasteiger partial charge < -0.3 is 19.5 Å². The van der Waals surface area contributed by atoms with Crippen LogP contribution in [0.1, 0.15) is 29.2 Å². The summed E-state index contributed by atoms with van der Waals surface area (Å²) >= 11 is 0. The summed E-state index contributed by atoms with van der Waals surface area (Å²) in [6, 6.07) is 13.7. The number of hydrogen-bond acceptors (Lipinski definition) is 5. The Hall–Kier alpha value is -3.38. The van der Waals surface area contributed by atoms with Gasteiger partial charge in [-0.15, -0.1) is 0 Å². The quantitative estimate of drug-likeness (QED) is 0.218. The average molecular weight is 421 g/mol. The fourth-order valence-corrected chi connectivity index (χ4v) is 3.63. The van der Waals surface area contributed by atoms with Gasteiger partial charge >= 0.3 is 0 Å². The van der Waals surface area contributed by atoms with Crippen molar-refractivity contribution in [3.8, 4) is 5.75 Å². The van der Waals surface area contributed by atoms with Crippen LogP contribution in [0.15, 0.2) is 66.8 Å². The molecule has 1 fully saturated rings. The van der Waals surface area contributed by atoms with Crippen LogP contribution in [0.2, 0.25) is 0 Å². The van der Waals surface area contributed by atoms with Crippen molar-refractivity contribution in [3.05, 3.63) is 83.4 Å². The van der Waals surface area contributed by atoms with Crippen molar-refractivity contribution in [1.29, 1.82) is 0 Å². The Morgan fingerprint density at radius 3 is 2.61 bits per heavy atom. The lowest BCUT2D eigenvalue weighted by atomic mass is 9.95. The molecule has 31 heavy (non-hydrogen) atoms. The summed E-state index contributed by atoms with van der Waals surface area (Å²) in [5, 5.41) is 11.0. The highest BCUT2D eigenvalue weighted by Gasteiger charge is 2.45. The second-order valence-corrected chi connectivity index (χ2v) is 7.38. The highest BCUT2D eigenvalue weighted by atomic mass is 16.5. The molecule has 2 aromatic carbocycles. The first-order chi connectivity index (χ1) is 15.0. The van der Waals surface area contributed by atoms with E-state index in [1.54, 1.807) is 43.5 Å². The molecule has 0 aliphatic carbocycles. The molecule has 1 amide bonds. The number of hydrogen-bond donors (Lipinski definition) is 1. The zero-order valence-corrected chi connectivity index (χ0v) is 17.8. The third-order valence-electron chi connectivity index (χ3n) is 5.15. The smallest absolute Gasteiger partial charge is 0.295 e. The van der Waals surface area contributed by atoms with Gasteiger partial charge in [-0.3, -0.25) is 9.59 Å². The number of nitrogens with zero attached hydrogens (tertiary/aromatic N) is 1. The number of likely N-dealkylation sites (tertiary alicyclic amines) is 1. The molecule has 0 bridgehead atoms. The maximum atomic E-state index is 13.0. The van der Waals surface area contributed by atoms with Crippen molar-refractivity contribution in [1.82, 2.24) is 4.90 Å². The maximum absolute atomic E-state index is 13.0. The van der Waals surface area contributed by atoms with E-state index in [-0.39, 0.29) is 11.3 Å². The van der Waals surface area contributed by atoms with Gasteiger partial charge in [-0.1, -0.05) is 54.6 Å². The van der Waals surface area contributed by atoms with Gasteiger partial charge in [-0.25, -0.2) is 0 Å². The molecule has 2 aromatic rings. The second kappa shape index (κ2) is 10.1. The van der Waals surface area contributed by atoms with E-state index in [4.69, 9.17) is 9.47 Å². The number of amides is 1. The first-order valence-corrected chi connectivity index (χ1v) is 10.2. The molecule has 1 unspecified atom stereocenters. The Labute approximate surface area is 182 Å². The predicted octanol–water partition coefficient (Wildman–Crippen LogP) is 4.02. The highest BCUT2D eigenvalue weighted by Crippen LogP contribution is 2.40. The van der Waals surface area contributed by atoms with E-state index >= 15 is 0 Å². The number of carbonyl (C=O) groups is 2. The largest absolute Gasteiger partial charge is 0.507 e. The summed E-state index contributed by atoms with van der Waals surface area (Å²) in [6.07, 6.45) is 2.21. The van der Waals surface area contributed by atoms with Crippen LogP contribution < -0.4 is 4.74 Å². The Kier molecular flexibility index (Phi) is 7.26. The minimum absolute atomic E-state index is 0.0761. The number of carbonyl (C=O) groups excluding carboxylic acids is 2. The van der Waals surface area contributed by atoms with Crippen LogP contribution in [0.25, 0.3) is 5.76 Å². The molecule has 3 rings (SSSR count). The number of ketones is 1. The number of aliphatic hydroxyl groups is 1. The van der Waals surface area contributed by atoms with E-state index in [9.17, 15) is 14.7 Å². The number of aryl methyl sites for hydroxylation is 1. The first-order valence-electron chi connectivity index (χ1n) is 10.2. The van der Waals surface area contributed by atoms with Gasteiger partial charge in [0, 0.05) is 25.8 Å². The number of methoxy groups -OCH3 is 1. The van der Waals surface area contributed by atoms with Crippen molar-refractivity contribution >= 4 is 17.4 Å². The first kappa shape index (κ1) is 22.3. The van der Waals surface area contributed by atoms with Gasteiger partial charge in [0.1, 0.15) is 18.1 Å². The van der Waals surface area contributed by atoms with E-state index in [2.05, 4.69) is 6.58 Å². The number of rotatable bonds is 9. The SMILES string of the molecule is C=CCOc1cccc(C2/C(=C(\O)c3ccc(C)cc3)C(=O)C(=O)N2CCCOC)c1. The van der Waals surface area contributed by atoms with Gasteiger partial charge in [0.05, 0.1) is 11.6 Å². The topological polar surface area (TPSA) is 76.1 Å². The summed E-state index contributed by atoms with van der Waals surface area (Å²) in [4.78, 5) is 27.4. The van der Waals surface area contributed by atoms with Crippen LogP contribution in [0.5, 0.6) is 5.75 Å². The molecule has 6 heteroatoms. The molecule has 0 radical (unpaired) electrons. The van der Waals surface area contributed by atoms with E-state index in [1.807, 2.05) is 25.1 Å². The lowest BCUT2D eigenvalue weighted by molar-refractivity contribution is -0.140. The second-order valence-electron chi connectivity index (χ2n) is 7.38. The summed E-state index contributed by atoms with van der Waals surface area (Å²) in [7, 11) is 1.59. The van der Waals surface area contributed by atoms with Crippen LogP contribution in [0, 0.1) is 6.92 Å². The third kappa shape index (κ3) is 4.86. The Morgan fingerprint density at radius 2 is 1.94 bits per heavy atom. The van der Waals surface area contributed by atoms with Crippen molar-refractivity contribution < 1.29 is 24.2 Å². The standard InChI is InChI=1S/C25H27NO5/c1-4-14-31-20-8-5-7-19(16-20)22-21(23(27)18-11-9-17(2)10-12-18)24(28)25(29)26(22)13-6-15-30-3/h4-5,7-12,16,22,27H,1,6,13-15H2,2-3H3/b23-21+. The zero-order valence-electron chi connectivity index (χ0n) is 17.8. The monoisotopic (exact) mass is 421 g/mol. The van der Waals surface area contributed by atoms with Gasteiger partial charge in [0.2, 0.25) is 0 Å². The number of aliphatic hydroxyl groups excluding tert-OH is 1. The van der Waals surface area contributed by atoms with E-state index in [0.29, 0.717) is 43.1 Å². The van der Waals surface area contributed by atoms with Gasteiger partial charge in [0.25, 0.3) is 11.7 Å². The van der Waals surface area contributed by atoms with E-state index in [1.165, 1.54) is 4.90 Å². The molecule has 1 atom stereocenters. The minimum Gasteiger partial charge on any atom is -0.507 e. The summed E-state index contributed by atoms with van der Waals surface area (Å²) in [5.41, 5.74) is 2.28. The van der Waals surface area contributed by atoms with E-state index < -0.39 is 17.7 Å². The van der Waals surface area contributed by atoms with Crippen LogP contribution in [0.3, 0.4) is 0 Å². The number of benzene rings is 2. The number of Topliss-reactive ketones (excluding diaryl/α,β-unsaturated/α-hetero) is 1. The molecule has 1 aliphatic rings. The fraction of sp³-hybridized carbons (Fsp3) is 0.280.